The van der Waals surface area contributed by atoms with E-state index < -0.39 is 0 Å². The van der Waals surface area contributed by atoms with Gasteiger partial charge in [-0.15, -0.1) is 12.3 Å². The summed E-state index contributed by atoms with van der Waals surface area (Å²) in [6, 6.07) is 26.5. The number of terminal acetylenes is 1. The first kappa shape index (κ1) is 57.3. The van der Waals surface area contributed by atoms with Gasteiger partial charge in [-0.05, 0) is 130 Å². The second-order valence-electron chi connectivity index (χ2n) is 20.7. The first-order valence-corrected chi connectivity index (χ1v) is 27.0. The van der Waals surface area contributed by atoms with Gasteiger partial charge in [-0.1, -0.05) is 174 Å². The van der Waals surface area contributed by atoms with Crippen LogP contribution in [0.3, 0.4) is 0 Å². The van der Waals surface area contributed by atoms with Crippen molar-refractivity contribution in [3.63, 3.8) is 0 Å². The average molecular weight is 942 g/mol. The minimum Gasteiger partial charge on any atom is -0.347 e. The van der Waals surface area contributed by atoms with Crippen LogP contribution in [0.15, 0.2) is 108 Å². The van der Waals surface area contributed by atoms with Crippen LogP contribution in [0.5, 0.6) is 0 Å². The number of anilines is 2. The Hall–Kier alpha value is -5.33. The third kappa shape index (κ3) is 10.5. The smallest absolute Gasteiger partial charge is 0.210 e. The predicted molar refractivity (Wildman–Crippen MR) is 313 cm³/mol. The number of allylic oxidation sites excluding steroid dienone is 6. The van der Waals surface area contributed by atoms with Crippen molar-refractivity contribution in [3.8, 4) is 12.3 Å². The van der Waals surface area contributed by atoms with E-state index in [0.29, 0.717) is 0 Å². The number of nitrogens with zero attached hydrogens (tertiary/aromatic N) is 3. The molecule has 3 heteroatoms. The first-order chi connectivity index (χ1) is 33.3. The molecule has 0 amide bonds. The molecule has 3 heterocycles. The van der Waals surface area contributed by atoms with E-state index in [1.54, 1.807) is 5.56 Å². The second-order valence-corrected chi connectivity index (χ2v) is 20.7. The number of rotatable bonds is 5. The van der Waals surface area contributed by atoms with Crippen molar-refractivity contribution in [1.82, 2.24) is 0 Å². The molecule has 70 heavy (non-hydrogen) atoms. The van der Waals surface area contributed by atoms with Gasteiger partial charge in [0.1, 0.15) is 6.54 Å². The zero-order valence-electron chi connectivity index (χ0n) is 47.8. The number of hydrogen-bond acceptors (Lipinski definition) is 2. The lowest BCUT2D eigenvalue weighted by atomic mass is 9.67. The van der Waals surface area contributed by atoms with Crippen LogP contribution in [0.25, 0.3) is 12.2 Å². The standard InChI is InChI=1S/C19H24.C18H24N.2C13H17N.2C2H6/c1-6-15(4)19(5,7-2)18-14(3)12-13-16-10-8-9-11-17(16)18;1-5-18(4)13(3)19(6-2)16-12-11-14-9-7-8-10-15(14)17(16)18;2*1-5-12-13(2,3)10-8-6-7-9-11(10)14(12)4;2*1-2/h1,9,11-13,15H,7-8,10H2,2-5H3;8,10-12H,5-7,9H2,1-4H3;2*5-9H,1-4H3;2*1-2H3/q;+1;;;;. The van der Waals surface area contributed by atoms with Crippen LogP contribution in [0.2, 0.25) is 0 Å². The molecule has 0 saturated carbocycles. The molecule has 0 saturated heterocycles. The molecule has 0 radical (unpaired) electrons. The van der Waals surface area contributed by atoms with Crippen LogP contribution in [0, 0.1) is 25.2 Å². The quantitative estimate of drug-likeness (QED) is 0.146. The van der Waals surface area contributed by atoms with Crippen LogP contribution in [0.1, 0.15) is 193 Å². The Morgan fingerprint density at radius 2 is 1.16 bits per heavy atom. The zero-order chi connectivity index (χ0) is 52.4. The van der Waals surface area contributed by atoms with Crippen molar-refractivity contribution < 1.29 is 4.58 Å². The number of aryl methyl sites for hydroxylation is 3. The summed E-state index contributed by atoms with van der Waals surface area (Å²) in [5.74, 6) is 3.21. The Morgan fingerprint density at radius 1 is 0.700 bits per heavy atom. The van der Waals surface area contributed by atoms with Crippen molar-refractivity contribution in [1.29, 1.82) is 0 Å². The average Bonchev–Trinajstić information content (AvgIpc) is 3.84. The molecule has 9 rings (SSSR count). The molecule has 0 spiro atoms. The molecule has 0 N–H and O–H groups in total. The Morgan fingerprint density at radius 3 is 1.59 bits per heavy atom. The summed E-state index contributed by atoms with van der Waals surface area (Å²) in [6.45, 7) is 40.7. The molecule has 3 atom stereocenters. The van der Waals surface area contributed by atoms with E-state index in [4.69, 9.17) is 6.42 Å². The third-order valence-corrected chi connectivity index (χ3v) is 16.6. The monoisotopic (exact) mass is 941 g/mol. The third-order valence-electron chi connectivity index (χ3n) is 16.6. The highest BCUT2D eigenvalue weighted by atomic mass is 15.2. The number of para-hydroxylation sites is 2. The van der Waals surface area contributed by atoms with Gasteiger partial charge in [0.15, 0.2) is 5.71 Å². The van der Waals surface area contributed by atoms with E-state index in [2.05, 4.69) is 241 Å². The number of benzene rings is 4. The second kappa shape index (κ2) is 24.2. The summed E-state index contributed by atoms with van der Waals surface area (Å²) in [6.07, 6.45) is 26.4. The summed E-state index contributed by atoms with van der Waals surface area (Å²) in [5.41, 5.74) is 22.2. The lowest BCUT2D eigenvalue weighted by Crippen LogP contribution is -2.31. The van der Waals surface area contributed by atoms with Crippen LogP contribution in [-0.4, -0.2) is 30.9 Å². The van der Waals surface area contributed by atoms with Gasteiger partial charge in [0.2, 0.25) is 5.69 Å². The van der Waals surface area contributed by atoms with Crippen molar-refractivity contribution in [3.05, 3.63) is 159 Å². The highest BCUT2D eigenvalue weighted by molar-refractivity contribution is 5.95. The molecule has 0 aromatic heterocycles. The summed E-state index contributed by atoms with van der Waals surface area (Å²) >= 11 is 0. The largest absolute Gasteiger partial charge is 0.347 e. The maximum absolute atomic E-state index is 5.73. The van der Waals surface area contributed by atoms with Crippen molar-refractivity contribution in [2.75, 3.05) is 30.4 Å². The van der Waals surface area contributed by atoms with Gasteiger partial charge in [-0.3, -0.25) is 0 Å². The van der Waals surface area contributed by atoms with Crippen LogP contribution < -0.4 is 9.80 Å². The summed E-state index contributed by atoms with van der Waals surface area (Å²) in [7, 11) is 4.28. The van der Waals surface area contributed by atoms with Crippen molar-refractivity contribution in [2.45, 2.75) is 185 Å². The van der Waals surface area contributed by atoms with Gasteiger partial charge in [-0.25, -0.2) is 0 Å². The Balaban J connectivity index is 0.000000200. The molecule has 4 aromatic rings. The molecule has 0 fully saturated rings. The van der Waals surface area contributed by atoms with E-state index >= 15 is 0 Å². The van der Waals surface area contributed by atoms with E-state index in [0.717, 1.165) is 25.8 Å². The number of hydrogen-bond donors (Lipinski definition) is 0. The van der Waals surface area contributed by atoms with E-state index in [1.165, 1.54) is 97.9 Å². The summed E-state index contributed by atoms with van der Waals surface area (Å²) in [5, 5.41) is 0. The zero-order valence-corrected chi connectivity index (χ0v) is 47.8. The Kier molecular flexibility index (Phi) is 19.8. The molecule has 3 aliphatic heterocycles. The van der Waals surface area contributed by atoms with Crippen LogP contribution in [0.4, 0.5) is 17.1 Å². The molecular weight excluding hydrogens is 847 g/mol. The van der Waals surface area contributed by atoms with Crippen LogP contribution >= 0.6 is 0 Å². The molecule has 3 unspecified atom stereocenters. The fraction of sp³-hybridized carbons (Fsp3) is 0.478. The Labute approximate surface area is 429 Å². The summed E-state index contributed by atoms with van der Waals surface area (Å²) in [4.78, 5) is 4.57. The van der Waals surface area contributed by atoms with Crippen LogP contribution in [-0.2, 0) is 34.5 Å². The molecular formula is C67H94N3+. The fourth-order valence-electron chi connectivity index (χ4n) is 12.1. The van der Waals surface area contributed by atoms with Crippen molar-refractivity contribution in [2.24, 2.45) is 5.92 Å². The molecule has 376 valence electrons. The van der Waals surface area contributed by atoms with Gasteiger partial charge in [-0.2, -0.15) is 4.58 Å². The maximum Gasteiger partial charge on any atom is 0.210 e. The topological polar surface area (TPSA) is 9.49 Å². The van der Waals surface area contributed by atoms with E-state index in [-0.39, 0.29) is 27.6 Å². The lowest BCUT2D eigenvalue weighted by molar-refractivity contribution is -0.434. The molecule has 0 bridgehead atoms. The minimum absolute atomic E-state index is 0.0614. The first-order valence-electron chi connectivity index (χ1n) is 27.0. The van der Waals surface area contributed by atoms with E-state index in [1.807, 2.05) is 27.7 Å². The molecule has 3 nitrogen and oxygen atoms in total. The predicted octanol–water partition coefficient (Wildman–Crippen LogP) is 18.0. The molecule has 4 aromatic carbocycles. The minimum atomic E-state index is 0.0614. The summed E-state index contributed by atoms with van der Waals surface area (Å²) < 4.78 is 2.50. The van der Waals surface area contributed by atoms with Gasteiger partial charge in [0, 0.05) is 77.6 Å². The highest BCUT2D eigenvalue weighted by Gasteiger charge is 2.47. The molecule has 2 aliphatic carbocycles. The normalized spacial score (nSPS) is 20.4. The lowest BCUT2D eigenvalue weighted by Gasteiger charge is -2.36. The molecule has 5 aliphatic rings. The van der Waals surface area contributed by atoms with Gasteiger partial charge < -0.3 is 9.80 Å². The number of fused-ring (bicyclic) bond motifs is 6. The van der Waals surface area contributed by atoms with Gasteiger partial charge >= 0.3 is 0 Å². The van der Waals surface area contributed by atoms with Gasteiger partial charge in [0.05, 0.1) is 5.41 Å². The maximum atomic E-state index is 5.73. The number of likely N-dealkylation sites (N-methyl/N-ethyl adjacent to an activating group) is 2. The van der Waals surface area contributed by atoms with Crippen molar-refractivity contribution >= 4 is 34.9 Å². The highest BCUT2D eigenvalue weighted by Crippen LogP contribution is 2.49. The Bertz CT molecular complexity index is 2560. The van der Waals surface area contributed by atoms with Gasteiger partial charge in [0.25, 0.3) is 0 Å². The SMILES string of the molecule is C#CC(C)C(C)(CC)c1c(C)ccc2c1C=CCC2.CC.CC.CC=C1N(C)c2ccccc2C1(C)C.CC=C1N(C)c2ccccc2C1(C)C.CC[N+]1=C(C)C(C)(CC)c2c1ccc1c2C=CCC1. The fourth-order valence-corrected chi connectivity index (χ4v) is 12.1. The van der Waals surface area contributed by atoms with E-state index in [9.17, 15) is 0 Å².